The molecule has 1 aliphatic rings. The largest absolute Gasteiger partial charge is 0.478 e. The Labute approximate surface area is 225 Å². The average molecular weight is 549 g/mol. The molecule has 39 heavy (non-hydrogen) atoms. The van der Waals surface area contributed by atoms with Crippen molar-refractivity contribution in [2.45, 2.75) is 18.2 Å². The fourth-order valence-corrected chi connectivity index (χ4v) is 5.26. The number of carboxylic acid groups (broad SMARTS) is 1. The van der Waals surface area contributed by atoms with Crippen LogP contribution in [-0.4, -0.2) is 43.7 Å². The van der Waals surface area contributed by atoms with E-state index in [-0.39, 0.29) is 28.7 Å². The zero-order valence-corrected chi connectivity index (χ0v) is 21.1. The number of hydrogen-bond acceptors (Lipinski definition) is 8. The first-order valence-electron chi connectivity index (χ1n) is 11.8. The van der Waals surface area contributed by atoms with Crippen molar-refractivity contribution in [3.8, 4) is 0 Å². The highest BCUT2D eigenvalue weighted by molar-refractivity contribution is 8.09. The van der Waals surface area contributed by atoms with Crippen LogP contribution in [0.25, 0.3) is 15.8 Å². The number of thioether (sulfide) groups is 1. The molecule has 0 saturated heterocycles. The summed E-state index contributed by atoms with van der Waals surface area (Å²) < 4.78 is 26.7. The Morgan fingerprint density at radius 3 is 2.72 bits per heavy atom. The van der Waals surface area contributed by atoms with Gasteiger partial charge in [0.15, 0.2) is 11.6 Å². The first-order chi connectivity index (χ1) is 18.8. The SMILES string of the molecule is Nc1ncnc2ccc(C3=CCC(CNc4ncc(C(=O)O)cc4C(=O)NCc4ccc(F)c(F)c4)S3)cc12. The molecule has 3 heterocycles. The number of nitrogens with one attached hydrogen (secondary N) is 2. The quantitative estimate of drug-likeness (QED) is 0.251. The molecule has 5 rings (SSSR count). The van der Waals surface area contributed by atoms with Crippen molar-refractivity contribution in [2.75, 3.05) is 17.6 Å². The molecule has 0 aliphatic carbocycles. The summed E-state index contributed by atoms with van der Waals surface area (Å²) in [6, 6.07) is 10.4. The number of nitrogens with two attached hydrogens (primary N) is 1. The molecule has 0 bridgehead atoms. The van der Waals surface area contributed by atoms with Crippen LogP contribution in [0.3, 0.4) is 0 Å². The van der Waals surface area contributed by atoms with Gasteiger partial charge < -0.3 is 21.5 Å². The van der Waals surface area contributed by atoms with Gasteiger partial charge in [0.2, 0.25) is 0 Å². The minimum absolute atomic E-state index is 0.0265. The molecule has 0 saturated carbocycles. The van der Waals surface area contributed by atoms with Gasteiger partial charge in [0, 0.05) is 34.8 Å². The van der Waals surface area contributed by atoms with Crippen LogP contribution in [0.1, 0.15) is 38.3 Å². The van der Waals surface area contributed by atoms with Gasteiger partial charge in [-0.1, -0.05) is 18.2 Å². The summed E-state index contributed by atoms with van der Waals surface area (Å²) in [6.07, 6.45) is 5.48. The van der Waals surface area contributed by atoms with E-state index in [9.17, 15) is 23.5 Å². The topological polar surface area (TPSA) is 143 Å². The summed E-state index contributed by atoms with van der Waals surface area (Å²) in [7, 11) is 0. The zero-order chi connectivity index (χ0) is 27.5. The second-order valence-electron chi connectivity index (χ2n) is 8.77. The molecule has 1 amide bonds. The maximum atomic E-state index is 13.5. The number of amides is 1. The van der Waals surface area contributed by atoms with E-state index in [2.05, 4.69) is 31.7 Å². The van der Waals surface area contributed by atoms with Crippen molar-refractivity contribution in [2.24, 2.45) is 0 Å². The predicted molar refractivity (Wildman–Crippen MR) is 145 cm³/mol. The molecule has 1 atom stereocenters. The fourth-order valence-electron chi connectivity index (χ4n) is 4.09. The first-order valence-corrected chi connectivity index (χ1v) is 12.7. The van der Waals surface area contributed by atoms with Gasteiger partial charge in [0.1, 0.15) is 18.0 Å². The van der Waals surface area contributed by atoms with Gasteiger partial charge in [0.25, 0.3) is 5.91 Å². The van der Waals surface area contributed by atoms with Crippen molar-refractivity contribution in [1.82, 2.24) is 20.3 Å². The summed E-state index contributed by atoms with van der Waals surface area (Å²) >= 11 is 1.66. The van der Waals surface area contributed by atoms with Gasteiger partial charge in [-0.05, 0) is 47.9 Å². The number of benzene rings is 2. The molecular formula is C27H22F2N6O3S. The Hall–Kier alpha value is -4.58. The zero-order valence-electron chi connectivity index (χ0n) is 20.3. The lowest BCUT2D eigenvalue weighted by Gasteiger charge is -2.15. The van der Waals surface area contributed by atoms with Gasteiger partial charge in [-0.2, -0.15) is 0 Å². The number of aromatic nitrogens is 3. The summed E-state index contributed by atoms with van der Waals surface area (Å²) in [6.45, 7) is 0.367. The third-order valence-corrected chi connectivity index (χ3v) is 7.47. The number of pyridine rings is 1. The Kier molecular flexibility index (Phi) is 7.37. The average Bonchev–Trinajstić information content (AvgIpc) is 3.41. The van der Waals surface area contributed by atoms with Crippen molar-refractivity contribution in [1.29, 1.82) is 0 Å². The van der Waals surface area contributed by atoms with E-state index in [0.717, 1.165) is 39.9 Å². The van der Waals surface area contributed by atoms with E-state index in [1.165, 1.54) is 24.7 Å². The molecule has 0 fully saturated rings. The standard InChI is InChI=1S/C27H22F2N6O3S/c28-20-4-1-14(7-21(20)29)10-33-26(36)19-9-16(27(37)38)11-31-25(19)32-12-17-3-6-23(39-17)15-2-5-22-18(8-15)24(30)35-13-34-22/h1-2,4-9,11,13,17H,3,10,12H2,(H,31,32)(H,33,36)(H,37,38)(H2,30,34,35). The second-order valence-corrected chi connectivity index (χ2v) is 10.1. The lowest BCUT2D eigenvalue weighted by atomic mass is 10.1. The molecule has 1 aliphatic heterocycles. The maximum Gasteiger partial charge on any atom is 0.337 e. The Bertz CT molecular complexity index is 1630. The van der Waals surface area contributed by atoms with E-state index >= 15 is 0 Å². The number of nitrogen functional groups attached to an aromatic ring is 1. The van der Waals surface area contributed by atoms with Crippen LogP contribution in [0.4, 0.5) is 20.4 Å². The third kappa shape index (κ3) is 5.80. The molecule has 12 heteroatoms. The number of aromatic carboxylic acids is 1. The van der Waals surface area contributed by atoms with Crippen LogP contribution in [0.15, 0.2) is 61.1 Å². The summed E-state index contributed by atoms with van der Waals surface area (Å²) in [5.41, 5.74) is 7.98. The van der Waals surface area contributed by atoms with Crippen LogP contribution in [0.2, 0.25) is 0 Å². The van der Waals surface area contributed by atoms with Crippen LogP contribution in [0, 0.1) is 11.6 Å². The van der Waals surface area contributed by atoms with Gasteiger partial charge >= 0.3 is 5.97 Å². The molecule has 9 nitrogen and oxygen atoms in total. The van der Waals surface area contributed by atoms with Crippen molar-refractivity contribution >= 4 is 51.1 Å². The number of fused-ring (bicyclic) bond motifs is 1. The summed E-state index contributed by atoms with van der Waals surface area (Å²) in [5, 5.41) is 16.0. The van der Waals surface area contributed by atoms with Gasteiger partial charge in [-0.3, -0.25) is 4.79 Å². The highest BCUT2D eigenvalue weighted by Crippen LogP contribution is 2.40. The first kappa shape index (κ1) is 26.0. The maximum absolute atomic E-state index is 13.5. The molecular weight excluding hydrogens is 526 g/mol. The number of carbonyl (C=O) groups is 2. The monoisotopic (exact) mass is 548 g/mol. The normalized spacial score (nSPS) is 14.7. The lowest BCUT2D eigenvalue weighted by molar-refractivity contribution is 0.0696. The van der Waals surface area contributed by atoms with Gasteiger partial charge in [0.05, 0.1) is 16.6 Å². The summed E-state index contributed by atoms with van der Waals surface area (Å²) in [4.78, 5) is 38.0. The molecule has 198 valence electrons. The van der Waals surface area contributed by atoms with Gasteiger partial charge in [-0.25, -0.2) is 28.5 Å². The van der Waals surface area contributed by atoms with Gasteiger partial charge in [-0.15, -0.1) is 11.8 Å². The smallest absolute Gasteiger partial charge is 0.337 e. The number of carbonyl (C=O) groups excluding carboxylic acids is 1. The molecule has 2 aromatic carbocycles. The van der Waals surface area contributed by atoms with E-state index in [1.54, 1.807) is 11.8 Å². The number of hydrogen-bond donors (Lipinski definition) is 4. The summed E-state index contributed by atoms with van der Waals surface area (Å²) in [5.74, 6) is -3.23. The molecule has 1 unspecified atom stereocenters. The van der Waals surface area contributed by atoms with E-state index in [1.807, 2.05) is 18.2 Å². The minimum Gasteiger partial charge on any atom is -0.478 e. The molecule has 5 N–H and O–H groups in total. The lowest BCUT2D eigenvalue weighted by Crippen LogP contribution is -2.26. The molecule has 0 spiro atoms. The number of halogens is 2. The highest BCUT2D eigenvalue weighted by atomic mass is 32.2. The van der Waals surface area contributed by atoms with Crippen LogP contribution < -0.4 is 16.4 Å². The van der Waals surface area contributed by atoms with Crippen molar-refractivity contribution in [3.05, 3.63) is 95.0 Å². The molecule has 2 aromatic heterocycles. The minimum atomic E-state index is -1.23. The number of anilines is 2. The van der Waals surface area contributed by atoms with Crippen molar-refractivity contribution in [3.63, 3.8) is 0 Å². The number of carboxylic acids is 1. The Morgan fingerprint density at radius 1 is 1.08 bits per heavy atom. The van der Waals surface area contributed by atoms with E-state index < -0.39 is 23.5 Å². The fraction of sp³-hybridized carbons (Fsp3) is 0.148. The second kappa shape index (κ2) is 11.0. The van der Waals surface area contributed by atoms with E-state index in [4.69, 9.17) is 5.73 Å². The predicted octanol–water partition coefficient (Wildman–Crippen LogP) is 4.47. The number of allylic oxidation sites excluding steroid dienone is 1. The number of rotatable bonds is 8. The van der Waals surface area contributed by atoms with Crippen molar-refractivity contribution < 1.29 is 23.5 Å². The molecule has 0 radical (unpaired) electrons. The Morgan fingerprint density at radius 2 is 1.92 bits per heavy atom. The number of nitrogens with zero attached hydrogens (tertiary/aromatic N) is 3. The van der Waals surface area contributed by atoms with Crippen LogP contribution in [0.5, 0.6) is 0 Å². The highest BCUT2D eigenvalue weighted by Gasteiger charge is 2.22. The Balaban J connectivity index is 1.26. The van der Waals surface area contributed by atoms with Crippen LogP contribution >= 0.6 is 11.8 Å². The molecule has 4 aromatic rings. The third-order valence-electron chi connectivity index (χ3n) is 6.12. The van der Waals surface area contributed by atoms with E-state index in [0.29, 0.717) is 17.9 Å². The van der Waals surface area contributed by atoms with Crippen LogP contribution in [-0.2, 0) is 6.54 Å².